The van der Waals surface area contributed by atoms with Crippen LogP contribution in [0.2, 0.25) is 0 Å². The highest BCUT2D eigenvalue weighted by Crippen LogP contribution is 2.25. The minimum Gasteiger partial charge on any atom is -0.376 e. The second-order valence-corrected chi connectivity index (χ2v) is 6.65. The van der Waals surface area contributed by atoms with Gasteiger partial charge >= 0.3 is 0 Å². The van der Waals surface area contributed by atoms with Gasteiger partial charge in [0.2, 0.25) is 0 Å². The Kier molecular flexibility index (Phi) is 4.04. The first kappa shape index (κ1) is 14.5. The van der Waals surface area contributed by atoms with E-state index in [2.05, 4.69) is 15.3 Å². The van der Waals surface area contributed by atoms with Gasteiger partial charge in [0.1, 0.15) is 0 Å². The van der Waals surface area contributed by atoms with Crippen molar-refractivity contribution in [3.05, 3.63) is 48.0 Å². The van der Waals surface area contributed by atoms with Gasteiger partial charge in [0.05, 0.1) is 28.0 Å². The molecule has 0 saturated heterocycles. The topological polar surface area (TPSA) is 72.0 Å². The summed E-state index contributed by atoms with van der Waals surface area (Å²) in [6.07, 6.45) is 4.46. The lowest BCUT2D eigenvalue weighted by atomic mass is 10.1. The summed E-state index contributed by atoms with van der Waals surface area (Å²) in [5, 5.41) is 3.19. The monoisotopic (exact) mass is 291 g/mol. The van der Waals surface area contributed by atoms with Gasteiger partial charge in [-0.05, 0) is 26.0 Å². The van der Waals surface area contributed by atoms with Gasteiger partial charge in [-0.25, -0.2) is 8.42 Å². The normalized spacial score (nSPS) is 12.9. The van der Waals surface area contributed by atoms with E-state index < -0.39 is 9.84 Å². The number of hydrogen-bond acceptors (Lipinski definition) is 5. The summed E-state index contributed by atoms with van der Waals surface area (Å²) in [7, 11) is -3.27. The van der Waals surface area contributed by atoms with Crippen LogP contribution in [0.15, 0.2) is 41.6 Å². The third kappa shape index (κ3) is 3.14. The summed E-state index contributed by atoms with van der Waals surface area (Å²) in [5.74, 6) is 0. The van der Waals surface area contributed by atoms with Crippen molar-refractivity contribution in [3.8, 4) is 0 Å². The van der Waals surface area contributed by atoms with Crippen LogP contribution in [0.5, 0.6) is 0 Å². The largest absolute Gasteiger partial charge is 0.376 e. The van der Waals surface area contributed by atoms with E-state index in [1.54, 1.807) is 36.7 Å². The molecule has 1 unspecified atom stereocenters. The molecule has 0 amide bonds. The molecule has 0 aliphatic carbocycles. The average molecular weight is 291 g/mol. The number of benzene rings is 1. The van der Waals surface area contributed by atoms with Crippen LogP contribution >= 0.6 is 0 Å². The molecule has 1 heterocycles. The number of nitrogens with zero attached hydrogens (tertiary/aromatic N) is 2. The molecule has 1 atom stereocenters. The van der Waals surface area contributed by atoms with Crippen LogP contribution in [0.25, 0.3) is 0 Å². The van der Waals surface area contributed by atoms with Gasteiger partial charge in [0.25, 0.3) is 0 Å². The van der Waals surface area contributed by atoms with Gasteiger partial charge in [0.15, 0.2) is 9.84 Å². The van der Waals surface area contributed by atoms with Crippen molar-refractivity contribution in [2.45, 2.75) is 24.8 Å². The van der Waals surface area contributed by atoms with Gasteiger partial charge in [0, 0.05) is 18.6 Å². The van der Waals surface area contributed by atoms with E-state index in [4.69, 9.17) is 0 Å². The summed E-state index contributed by atoms with van der Waals surface area (Å²) >= 11 is 0. The van der Waals surface area contributed by atoms with E-state index in [0.29, 0.717) is 5.69 Å². The van der Waals surface area contributed by atoms with E-state index in [9.17, 15) is 8.42 Å². The third-order valence-corrected chi connectivity index (χ3v) is 4.14. The molecule has 0 radical (unpaired) electrons. The van der Waals surface area contributed by atoms with Crippen LogP contribution in [0.1, 0.15) is 24.4 Å². The highest BCUT2D eigenvalue weighted by Gasteiger charge is 2.16. The minimum atomic E-state index is -3.27. The van der Waals surface area contributed by atoms with E-state index in [1.165, 1.54) is 6.26 Å². The number of para-hydroxylation sites is 1. The van der Waals surface area contributed by atoms with Crippen molar-refractivity contribution in [2.24, 2.45) is 0 Å². The van der Waals surface area contributed by atoms with Gasteiger partial charge in [-0.1, -0.05) is 12.1 Å². The highest BCUT2D eigenvalue weighted by atomic mass is 32.2. The lowest BCUT2D eigenvalue weighted by molar-refractivity contribution is 0.602. The molecule has 0 fully saturated rings. The Balaban J connectivity index is 2.34. The molecule has 5 nitrogen and oxygen atoms in total. The molecule has 0 spiro atoms. The van der Waals surface area contributed by atoms with Gasteiger partial charge < -0.3 is 5.32 Å². The predicted octanol–water partition coefficient (Wildman–Crippen LogP) is 2.36. The Labute approximate surface area is 119 Å². The standard InChI is InChI=1S/C14H17N3O2S/c1-10-14(16-9-8-15-10)11(2)17-12-6-4-5-7-13(12)20(3,18)19/h4-9,11,17H,1-3H3. The average Bonchev–Trinajstić information content (AvgIpc) is 2.38. The molecule has 6 heteroatoms. The van der Waals surface area contributed by atoms with Crippen LogP contribution in [0, 0.1) is 6.92 Å². The molecule has 0 saturated carbocycles. The maximum absolute atomic E-state index is 11.8. The molecule has 0 aliphatic heterocycles. The number of aromatic nitrogens is 2. The zero-order chi connectivity index (χ0) is 14.8. The molecule has 1 N–H and O–H groups in total. The Morgan fingerprint density at radius 3 is 2.45 bits per heavy atom. The lowest BCUT2D eigenvalue weighted by Crippen LogP contribution is -2.13. The summed E-state index contributed by atoms with van der Waals surface area (Å²) in [6.45, 7) is 3.80. The molecule has 2 rings (SSSR count). The molecular formula is C14H17N3O2S. The van der Waals surface area contributed by atoms with Crippen molar-refractivity contribution in [1.82, 2.24) is 9.97 Å². The zero-order valence-electron chi connectivity index (χ0n) is 11.7. The van der Waals surface area contributed by atoms with Crippen LogP contribution in [-0.2, 0) is 9.84 Å². The number of anilines is 1. The smallest absolute Gasteiger partial charge is 0.177 e. The first-order valence-electron chi connectivity index (χ1n) is 6.22. The van der Waals surface area contributed by atoms with E-state index >= 15 is 0 Å². The van der Waals surface area contributed by atoms with Crippen LogP contribution in [-0.4, -0.2) is 24.6 Å². The van der Waals surface area contributed by atoms with E-state index in [-0.39, 0.29) is 10.9 Å². The first-order chi connectivity index (χ1) is 9.39. The molecule has 0 bridgehead atoms. The Bertz CT molecular complexity index is 714. The van der Waals surface area contributed by atoms with Gasteiger partial charge in [-0.3, -0.25) is 9.97 Å². The highest BCUT2D eigenvalue weighted by molar-refractivity contribution is 7.90. The minimum absolute atomic E-state index is 0.133. The van der Waals surface area contributed by atoms with E-state index in [1.807, 2.05) is 13.8 Å². The number of nitrogens with one attached hydrogen (secondary N) is 1. The lowest BCUT2D eigenvalue weighted by Gasteiger charge is -2.18. The molecular weight excluding hydrogens is 274 g/mol. The fourth-order valence-corrected chi connectivity index (χ4v) is 2.91. The summed E-state index contributed by atoms with van der Waals surface area (Å²) < 4.78 is 23.5. The second kappa shape index (κ2) is 5.58. The third-order valence-electron chi connectivity index (χ3n) is 2.99. The summed E-state index contributed by atoms with van der Waals surface area (Å²) in [6, 6.07) is 6.71. The van der Waals surface area contributed by atoms with Crippen LogP contribution in [0.4, 0.5) is 5.69 Å². The predicted molar refractivity (Wildman–Crippen MR) is 78.4 cm³/mol. The molecule has 20 heavy (non-hydrogen) atoms. The Morgan fingerprint density at radius 2 is 1.80 bits per heavy atom. The molecule has 1 aromatic heterocycles. The van der Waals surface area contributed by atoms with Crippen LogP contribution in [0.3, 0.4) is 0 Å². The van der Waals surface area contributed by atoms with Crippen LogP contribution < -0.4 is 5.32 Å². The Hall–Kier alpha value is -1.95. The molecule has 106 valence electrons. The number of aryl methyl sites for hydroxylation is 1. The summed E-state index contributed by atoms with van der Waals surface area (Å²) in [5.41, 5.74) is 2.20. The van der Waals surface area contributed by atoms with Crippen molar-refractivity contribution in [2.75, 3.05) is 11.6 Å². The maximum atomic E-state index is 11.8. The number of sulfone groups is 1. The quantitative estimate of drug-likeness (QED) is 0.936. The van der Waals surface area contributed by atoms with Gasteiger partial charge in [-0.2, -0.15) is 0 Å². The Morgan fingerprint density at radius 1 is 1.15 bits per heavy atom. The zero-order valence-corrected chi connectivity index (χ0v) is 12.5. The number of hydrogen-bond donors (Lipinski definition) is 1. The van der Waals surface area contributed by atoms with Gasteiger partial charge in [-0.15, -0.1) is 0 Å². The van der Waals surface area contributed by atoms with E-state index in [0.717, 1.165) is 11.4 Å². The second-order valence-electron chi connectivity index (χ2n) is 4.66. The van der Waals surface area contributed by atoms with Crippen molar-refractivity contribution in [3.63, 3.8) is 0 Å². The molecule has 2 aromatic rings. The fourth-order valence-electron chi connectivity index (χ4n) is 2.05. The fraction of sp³-hybridized carbons (Fsp3) is 0.286. The SMILES string of the molecule is Cc1nccnc1C(C)Nc1ccccc1S(C)(=O)=O. The molecule has 0 aliphatic rings. The van der Waals surface area contributed by atoms with Crippen molar-refractivity contribution >= 4 is 15.5 Å². The maximum Gasteiger partial charge on any atom is 0.177 e. The van der Waals surface area contributed by atoms with Crippen molar-refractivity contribution in [1.29, 1.82) is 0 Å². The van der Waals surface area contributed by atoms with Crippen molar-refractivity contribution < 1.29 is 8.42 Å². The summed E-state index contributed by atoms with van der Waals surface area (Å²) in [4.78, 5) is 8.77. The number of rotatable bonds is 4. The molecule has 1 aromatic carbocycles. The first-order valence-corrected chi connectivity index (χ1v) is 8.12.